The minimum Gasteiger partial charge on any atom is -0.491 e. The second-order valence-electron chi connectivity index (χ2n) is 12.2. The number of ether oxygens (including phenoxy) is 2. The molecule has 46 heavy (non-hydrogen) atoms. The van der Waals surface area contributed by atoms with E-state index in [2.05, 4.69) is 22.3 Å². The summed E-state index contributed by atoms with van der Waals surface area (Å²) >= 11 is 0. The van der Waals surface area contributed by atoms with Crippen LogP contribution in [0, 0.1) is 0 Å². The smallest absolute Gasteiger partial charge is 0.416 e. The van der Waals surface area contributed by atoms with E-state index in [0.717, 1.165) is 81.6 Å². The molecule has 2 N–H and O–H groups in total. The number of aliphatic hydroxyl groups is 1. The van der Waals surface area contributed by atoms with Crippen LogP contribution in [0.25, 0.3) is 11.1 Å². The minimum atomic E-state index is -4.36. The lowest BCUT2D eigenvalue weighted by atomic mass is 9.83. The molecule has 0 bridgehead atoms. The maximum absolute atomic E-state index is 12.8. The van der Waals surface area contributed by atoms with Gasteiger partial charge in [0.25, 0.3) is 5.91 Å². The number of rotatable bonds is 14. The lowest BCUT2D eigenvalue weighted by molar-refractivity contribution is -0.137. The zero-order valence-corrected chi connectivity index (χ0v) is 26.4. The van der Waals surface area contributed by atoms with Gasteiger partial charge in [0.2, 0.25) is 0 Å². The average Bonchev–Trinajstić information content (AvgIpc) is 3.08. The van der Waals surface area contributed by atoms with E-state index in [1.54, 1.807) is 24.3 Å². The van der Waals surface area contributed by atoms with Crippen molar-refractivity contribution in [2.24, 2.45) is 0 Å². The first kappa shape index (κ1) is 33.9. The number of aliphatic hydroxyl groups excluding tert-OH is 1. The summed E-state index contributed by atoms with van der Waals surface area (Å²) in [5.41, 5.74) is 5.40. The summed E-state index contributed by atoms with van der Waals surface area (Å²) in [7, 11) is 0. The molecule has 0 radical (unpaired) electrons. The van der Waals surface area contributed by atoms with Gasteiger partial charge >= 0.3 is 6.18 Å². The first-order valence-electron chi connectivity index (χ1n) is 16.6. The summed E-state index contributed by atoms with van der Waals surface area (Å²) in [6.07, 6.45) is 4.32. The normalized spacial score (nSPS) is 15.8. The number of hydrogen-bond donors (Lipinski definition) is 2. The zero-order valence-electron chi connectivity index (χ0n) is 26.4. The number of hydrogen-bond acceptors (Lipinski definition) is 5. The van der Waals surface area contributed by atoms with Crippen molar-refractivity contribution in [2.75, 3.05) is 52.6 Å². The van der Waals surface area contributed by atoms with Crippen molar-refractivity contribution in [3.63, 3.8) is 0 Å². The van der Waals surface area contributed by atoms with Crippen molar-refractivity contribution < 1.29 is 32.5 Å². The molecule has 1 saturated heterocycles. The van der Waals surface area contributed by atoms with Gasteiger partial charge in [-0.1, -0.05) is 36.4 Å². The third-order valence-electron chi connectivity index (χ3n) is 9.13. The summed E-state index contributed by atoms with van der Waals surface area (Å²) in [6, 6.07) is 16.6. The van der Waals surface area contributed by atoms with Crippen molar-refractivity contribution in [3.05, 3.63) is 88.5 Å². The molecule has 248 valence electrons. The van der Waals surface area contributed by atoms with E-state index in [9.17, 15) is 18.0 Å². The second-order valence-corrected chi connectivity index (χ2v) is 12.2. The Bertz CT molecular complexity index is 1400. The Labute approximate surface area is 269 Å². The number of likely N-dealkylation sites (tertiary alicyclic amines) is 1. The highest BCUT2D eigenvalue weighted by molar-refractivity contribution is 5.94. The minimum absolute atomic E-state index is 0.0208. The number of carbonyl (C=O) groups is 1. The van der Waals surface area contributed by atoms with E-state index >= 15 is 0 Å². The monoisotopic (exact) mass is 638 g/mol. The van der Waals surface area contributed by atoms with E-state index in [4.69, 9.17) is 14.6 Å². The molecule has 0 aromatic heterocycles. The van der Waals surface area contributed by atoms with Crippen LogP contribution in [0.3, 0.4) is 0 Å². The molecule has 1 aliphatic heterocycles. The molecule has 5 rings (SSSR count). The maximum atomic E-state index is 12.8. The highest BCUT2D eigenvalue weighted by atomic mass is 19.4. The van der Waals surface area contributed by atoms with Gasteiger partial charge in [-0.05, 0) is 129 Å². The highest BCUT2D eigenvalue weighted by Crippen LogP contribution is 2.40. The van der Waals surface area contributed by atoms with Crippen LogP contribution in [-0.4, -0.2) is 68.5 Å². The number of unbranched alkanes of at least 4 members (excludes halogenated alkanes) is 1. The molecule has 0 atom stereocenters. The van der Waals surface area contributed by atoms with Gasteiger partial charge in [-0.3, -0.25) is 4.79 Å². The summed E-state index contributed by atoms with van der Waals surface area (Å²) in [4.78, 5) is 15.2. The van der Waals surface area contributed by atoms with Crippen molar-refractivity contribution in [2.45, 2.75) is 63.5 Å². The molecule has 2 aliphatic rings. The molecule has 3 aromatic carbocycles. The molecule has 1 fully saturated rings. The quantitative estimate of drug-likeness (QED) is 0.186. The van der Waals surface area contributed by atoms with Crippen LogP contribution < -0.4 is 10.1 Å². The van der Waals surface area contributed by atoms with Crippen molar-refractivity contribution in [1.82, 2.24) is 10.2 Å². The second kappa shape index (κ2) is 16.4. The fourth-order valence-corrected chi connectivity index (χ4v) is 6.57. The Morgan fingerprint density at radius 1 is 0.870 bits per heavy atom. The van der Waals surface area contributed by atoms with Crippen LogP contribution in [0.4, 0.5) is 13.2 Å². The number of halogens is 3. The van der Waals surface area contributed by atoms with Crippen LogP contribution in [-0.2, 0) is 23.8 Å². The van der Waals surface area contributed by atoms with Gasteiger partial charge in [-0.2, -0.15) is 13.2 Å². The lowest BCUT2D eigenvalue weighted by Gasteiger charge is -2.34. The Morgan fingerprint density at radius 3 is 2.26 bits per heavy atom. The van der Waals surface area contributed by atoms with E-state index in [1.807, 2.05) is 0 Å². The van der Waals surface area contributed by atoms with Crippen molar-refractivity contribution in [3.8, 4) is 16.9 Å². The topological polar surface area (TPSA) is 71.0 Å². The molecule has 0 saturated carbocycles. The third kappa shape index (κ3) is 9.11. The van der Waals surface area contributed by atoms with Gasteiger partial charge in [-0.25, -0.2) is 0 Å². The SMILES string of the molecule is O=C(NCCCCN1CCC(c2ccc3c(c2OCCOCCO)CCCC3)CC1)c1ccc(-c2ccc(C(F)(F)F)cc2)cc1. The number of aryl methyl sites for hydroxylation is 1. The summed E-state index contributed by atoms with van der Waals surface area (Å²) < 4.78 is 50.3. The maximum Gasteiger partial charge on any atom is 0.416 e. The lowest BCUT2D eigenvalue weighted by Crippen LogP contribution is -2.34. The van der Waals surface area contributed by atoms with Gasteiger partial charge in [0, 0.05) is 12.1 Å². The number of carbonyl (C=O) groups excluding carboxylic acids is 1. The van der Waals surface area contributed by atoms with Gasteiger partial charge in [0.15, 0.2) is 0 Å². The predicted octanol–water partition coefficient (Wildman–Crippen LogP) is 7.03. The Hall–Kier alpha value is -3.40. The molecule has 6 nitrogen and oxygen atoms in total. The molecule has 1 aliphatic carbocycles. The van der Waals surface area contributed by atoms with E-state index in [0.29, 0.717) is 43.4 Å². The number of alkyl halides is 3. The van der Waals surface area contributed by atoms with Crippen molar-refractivity contribution >= 4 is 5.91 Å². The van der Waals surface area contributed by atoms with Gasteiger partial charge < -0.3 is 24.8 Å². The number of amides is 1. The van der Waals surface area contributed by atoms with Crippen molar-refractivity contribution in [1.29, 1.82) is 0 Å². The number of benzene rings is 3. The van der Waals surface area contributed by atoms with Crippen LogP contribution in [0.2, 0.25) is 0 Å². The molecular weight excluding hydrogens is 593 g/mol. The largest absolute Gasteiger partial charge is 0.491 e. The fraction of sp³-hybridized carbons (Fsp3) is 0.486. The molecule has 0 unspecified atom stereocenters. The Balaban J connectivity index is 1.03. The van der Waals surface area contributed by atoms with Crippen LogP contribution in [0.5, 0.6) is 5.75 Å². The van der Waals surface area contributed by atoms with E-state index < -0.39 is 11.7 Å². The van der Waals surface area contributed by atoms with E-state index in [1.165, 1.54) is 41.7 Å². The fourth-order valence-electron chi connectivity index (χ4n) is 6.57. The molecule has 9 heteroatoms. The molecule has 1 amide bonds. The zero-order chi connectivity index (χ0) is 32.4. The van der Waals surface area contributed by atoms with Gasteiger partial charge in [0.05, 0.1) is 25.4 Å². The Kier molecular flexibility index (Phi) is 12.1. The molecule has 3 aromatic rings. The predicted molar refractivity (Wildman–Crippen MR) is 173 cm³/mol. The number of nitrogens with zero attached hydrogens (tertiary/aromatic N) is 1. The van der Waals surface area contributed by atoms with Gasteiger partial charge in [-0.15, -0.1) is 0 Å². The molecular formula is C37H45F3N2O4. The first-order chi connectivity index (χ1) is 22.3. The third-order valence-corrected chi connectivity index (χ3v) is 9.13. The standard InChI is InChI=1S/C37H45F3N2O4/c38-37(39,40)32-14-11-28(12-15-32)27-7-9-31(10-8-27)36(44)41-19-3-4-20-42-21-17-30(18-22-42)34-16-13-29-5-1-2-6-33(29)35(34)46-26-25-45-24-23-43/h7-16,30,43H,1-6,17-26H2,(H,41,44). The molecule has 1 heterocycles. The van der Waals surface area contributed by atoms with Crippen LogP contribution in [0.1, 0.15) is 77.1 Å². The number of fused-ring (bicyclic) bond motifs is 1. The average molecular weight is 639 g/mol. The summed E-state index contributed by atoms with van der Waals surface area (Å²) in [6.45, 7) is 4.99. The van der Waals surface area contributed by atoms with E-state index in [-0.39, 0.29) is 12.5 Å². The van der Waals surface area contributed by atoms with Gasteiger partial charge in [0.1, 0.15) is 12.4 Å². The number of piperidine rings is 1. The van der Waals surface area contributed by atoms with Crippen LogP contribution >= 0.6 is 0 Å². The molecule has 0 spiro atoms. The summed E-state index contributed by atoms with van der Waals surface area (Å²) in [5, 5.41) is 12.0. The number of nitrogens with one attached hydrogen (secondary N) is 1. The highest BCUT2D eigenvalue weighted by Gasteiger charge is 2.30. The first-order valence-corrected chi connectivity index (χ1v) is 16.6. The summed E-state index contributed by atoms with van der Waals surface area (Å²) in [5.74, 6) is 1.40. The Morgan fingerprint density at radius 2 is 1.57 bits per heavy atom. The van der Waals surface area contributed by atoms with Crippen LogP contribution in [0.15, 0.2) is 60.7 Å².